The first kappa shape index (κ1) is 16.8. The number of carbonyl (C=O) groups is 2. The fourth-order valence-corrected chi connectivity index (χ4v) is 2.67. The molecular formula is C13H17BrN4O3S. The van der Waals surface area contributed by atoms with Crippen LogP contribution in [-0.4, -0.2) is 29.5 Å². The predicted octanol–water partition coefficient (Wildman–Crippen LogP) is 1.21. The molecule has 1 aliphatic rings. The maximum absolute atomic E-state index is 11.7. The molecule has 1 aromatic rings. The molecule has 1 heterocycles. The largest absolute Gasteiger partial charge is 0.444 e. The van der Waals surface area contributed by atoms with E-state index in [4.69, 9.17) is 16.6 Å². The van der Waals surface area contributed by atoms with E-state index in [1.165, 1.54) is 18.9 Å². The van der Waals surface area contributed by atoms with Crippen molar-refractivity contribution < 1.29 is 14.0 Å². The van der Waals surface area contributed by atoms with Crippen LogP contribution in [-0.2, 0) is 4.79 Å². The standard InChI is InChI=1S/C13H17BrN4O3S/c14-10-6-5-9(21-10)12(20)15-7-11(19)17-18-13(22)16-8-3-1-2-4-8/h5-6,8H,1-4,7H2,(H,15,20)(H,17,19)(H2,16,18,22). The van der Waals surface area contributed by atoms with Crippen molar-refractivity contribution in [2.75, 3.05) is 6.54 Å². The Morgan fingerprint density at radius 2 is 2.00 bits per heavy atom. The number of furan rings is 1. The van der Waals surface area contributed by atoms with Crippen molar-refractivity contribution in [1.82, 2.24) is 21.5 Å². The summed E-state index contributed by atoms with van der Waals surface area (Å²) in [5, 5.41) is 5.94. The molecule has 0 spiro atoms. The van der Waals surface area contributed by atoms with Crippen LogP contribution in [0.2, 0.25) is 0 Å². The van der Waals surface area contributed by atoms with E-state index >= 15 is 0 Å². The third kappa shape index (κ3) is 5.30. The van der Waals surface area contributed by atoms with Crippen LogP contribution < -0.4 is 21.5 Å². The van der Waals surface area contributed by atoms with E-state index in [1.54, 1.807) is 6.07 Å². The van der Waals surface area contributed by atoms with Gasteiger partial charge in [-0.2, -0.15) is 0 Å². The van der Waals surface area contributed by atoms with Gasteiger partial charge in [-0.1, -0.05) is 12.8 Å². The molecule has 0 saturated heterocycles. The summed E-state index contributed by atoms with van der Waals surface area (Å²) in [6, 6.07) is 3.48. The van der Waals surface area contributed by atoms with Crippen LogP contribution in [0.5, 0.6) is 0 Å². The summed E-state index contributed by atoms with van der Waals surface area (Å²) in [4.78, 5) is 23.3. The van der Waals surface area contributed by atoms with Crippen molar-refractivity contribution in [3.05, 3.63) is 22.6 Å². The minimum absolute atomic E-state index is 0.131. The molecule has 1 fully saturated rings. The number of amides is 2. The molecule has 0 aromatic carbocycles. The van der Waals surface area contributed by atoms with Crippen LogP contribution in [0.25, 0.3) is 0 Å². The van der Waals surface area contributed by atoms with Gasteiger partial charge in [0.2, 0.25) is 0 Å². The van der Waals surface area contributed by atoms with E-state index in [0.717, 1.165) is 12.8 Å². The van der Waals surface area contributed by atoms with Crippen LogP contribution in [0, 0.1) is 0 Å². The van der Waals surface area contributed by atoms with Crippen molar-refractivity contribution >= 4 is 45.1 Å². The Morgan fingerprint density at radius 1 is 1.27 bits per heavy atom. The Kier molecular flexibility index (Phi) is 6.20. The summed E-state index contributed by atoms with van der Waals surface area (Å²) in [7, 11) is 0. The Hall–Kier alpha value is -1.61. The molecule has 22 heavy (non-hydrogen) atoms. The lowest BCUT2D eigenvalue weighted by molar-refractivity contribution is -0.120. The molecule has 7 nitrogen and oxygen atoms in total. The van der Waals surface area contributed by atoms with Crippen LogP contribution in [0.3, 0.4) is 0 Å². The van der Waals surface area contributed by atoms with Gasteiger partial charge in [-0.05, 0) is 53.1 Å². The van der Waals surface area contributed by atoms with E-state index in [2.05, 4.69) is 37.4 Å². The van der Waals surface area contributed by atoms with Crippen LogP contribution >= 0.6 is 28.1 Å². The third-order valence-corrected chi connectivity index (χ3v) is 3.86. The summed E-state index contributed by atoms with van der Waals surface area (Å²) in [6.07, 6.45) is 4.57. The monoisotopic (exact) mass is 388 g/mol. The number of halogens is 1. The van der Waals surface area contributed by atoms with E-state index in [0.29, 0.717) is 15.8 Å². The van der Waals surface area contributed by atoms with E-state index in [1.807, 2.05) is 0 Å². The van der Waals surface area contributed by atoms with Crippen molar-refractivity contribution in [3.63, 3.8) is 0 Å². The smallest absolute Gasteiger partial charge is 0.287 e. The maximum Gasteiger partial charge on any atom is 0.287 e. The van der Waals surface area contributed by atoms with Gasteiger partial charge in [0, 0.05) is 6.04 Å². The SMILES string of the molecule is O=C(CNC(=O)c1ccc(Br)o1)NNC(=S)NC1CCCC1. The molecule has 4 N–H and O–H groups in total. The van der Waals surface area contributed by atoms with Gasteiger partial charge in [0.05, 0.1) is 6.54 Å². The fraction of sp³-hybridized carbons (Fsp3) is 0.462. The highest BCUT2D eigenvalue weighted by molar-refractivity contribution is 9.10. The number of thiocarbonyl (C=S) groups is 1. The number of carbonyl (C=O) groups excluding carboxylic acids is 2. The first-order chi connectivity index (χ1) is 10.5. The van der Waals surface area contributed by atoms with Gasteiger partial charge in [-0.25, -0.2) is 0 Å². The van der Waals surface area contributed by atoms with E-state index in [-0.39, 0.29) is 12.3 Å². The second-order valence-corrected chi connectivity index (χ2v) is 6.10. The highest BCUT2D eigenvalue weighted by Gasteiger charge is 2.16. The summed E-state index contributed by atoms with van der Waals surface area (Å²) >= 11 is 8.18. The van der Waals surface area contributed by atoms with Crippen LogP contribution in [0.15, 0.2) is 21.2 Å². The quantitative estimate of drug-likeness (QED) is 0.457. The Labute approximate surface area is 141 Å². The summed E-state index contributed by atoms with van der Waals surface area (Å²) in [5.74, 6) is -0.742. The molecule has 0 radical (unpaired) electrons. The average molecular weight is 389 g/mol. The van der Waals surface area contributed by atoms with Gasteiger partial charge in [-0.15, -0.1) is 0 Å². The normalized spacial score (nSPS) is 14.4. The van der Waals surface area contributed by atoms with E-state index in [9.17, 15) is 9.59 Å². The number of hydrogen-bond acceptors (Lipinski definition) is 4. The van der Waals surface area contributed by atoms with Gasteiger partial charge in [0.15, 0.2) is 15.5 Å². The summed E-state index contributed by atoms with van der Waals surface area (Å²) < 4.78 is 5.53. The Bertz CT molecular complexity index is 557. The first-order valence-corrected chi connectivity index (χ1v) is 8.13. The van der Waals surface area contributed by atoms with Crippen LogP contribution in [0.4, 0.5) is 0 Å². The number of hydrazine groups is 1. The zero-order valence-corrected chi connectivity index (χ0v) is 14.2. The van der Waals surface area contributed by atoms with Crippen molar-refractivity contribution in [3.8, 4) is 0 Å². The zero-order chi connectivity index (χ0) is 15.9. The van der Waals surface area contributed by atoms with Gasteiger partial charge in [0.25, 0.3) is 11.8 Å². The van der Waals surface area contributed by atoms with Crippen molar-refractivity contribution in [1.29, 1.82) is 0 Å². The van der Waals surface area contributed by atoms with E-state index < -0.39 is 11.8 Å². The van der Waals surface area contributed by atoms with Crippen LogP contribution in [0.1, 0.15) is 36.2 Å². The Morgan fingerprint density at radius 3 is 2.64 bits per heavy atom. The van der Waals surface area contributed by atoms with Gasteiger partial charge in [-0.3, -0.25) is 20.4 Å². The maximum atomic E-state index is 11.7. The third-order valence-electron chi connectivity index (χ3n) is 3.21. The molecule has 9 heteroatoms. The molecular weight excluding hydrogens is 372 g/mol. The molecule has 120 valence electrons. The molecule has 0 aliphatic heterocycles. The van der Waals surface area contributed by atoms with Gasteiger partial charge < -0.3 is 15.1 Å². The minimum atomic E-state index is -0.465. The average Bonchev–Trinajstić information content (AvgIpc) is 3.14. The molecule has 1 aromatic heterocycles. The highest BCUT2D eigenvalue weighted by Crippen LogP contribution is 2.17. The number of nitrogens with one attached hydrogen (secondary N) is 4. The first-order valence-electron chi connectivity index (χ1n) is 6.93. The second-order valence-electron chi connectivity index (χ2n) is 4.91. The summed E-state index contributed by atoms with van der Waals surface area (Å²) in [6.45, 7) is -0.184. The zero-order valence-electron chi connectivity index (χ0n) is 11.8. The minimum Gasteiger partial charge on any atom is -0.444 e. The molecule has 2 rings (SSSR count). The molecule has 1 aliphatic carbocycles. The number of rotatable bonds is 4. The number of hydrogen-bond donors (Lipinski definition) is 4. The van der Waals surface area contributed by atoms with Gasteiger partial charge >= 0.3 is 0 Å². The lowest BCUT2D eigenvalue weighted by Crippen LogP contribution is -2.51. The lowest BCUT2D eigenvalue weighted by Gasteiger charge is -2.16. The molecule has 0 unspecified atom stereocenters. The molecule has 2 amide bonds. The Balaban J connectivity index is 1.63. The fourth-order valence-electron chi connectivity index (χ4n) is 2.15. The topological polar surface area (TPSA) is 95.4 Å². The lowest BCUT2D eigenvalue weighted by atomic mass is 10.3. The highest BCUT2D eigenvalue weighted by atomic mass is 79.9. The molecule has 1 saturated carbocycles. The van der Waals surface area contributed by atoms with Crippen molar-refractivity contribution in [2.24, 2.45) is 0 Å². The van der Waals surface area contributed by atoms with Gasteiger partial charge in [0.1, 0.15) is 0 Å². The summed E-state index contributed by atoms with van der Waals surface area (Å²) in [5.41, 5.74) is 5.04. The second kappa shape index (κ2) is 8.14. The molecule has 0 atom stereocenters. The predicted molar refractivity (Wildman–Crippen MR) is 88.0 cm³/mol. The molecule has 0 bridgehead atoms. The van der Waals surface area contributed by atoms with Crippen molar-refractivity contribution in [2.45, 2.75) is 31.7 Å².